The molecule has 0 radical (unpaired) electrons. The summed E-state index contributed by atoms with van der Waals surface area (Å²) in [5.41, 5.74) is 0.986. The number of nitrogens with one attached hydrogen (secondary N) is 2. The third-order valence-corrected chi connectivity index (χ3v) is 3.42. The van der Waals surface area contributed by atoms with Crippen molar-refractivity contribution in [1.82, 2.24) is 20.5 Å². The molecular weight excluding hydrogens is 242 g/mol. The number of rotatable bonds is 2. The molecule has 0 spiro atoms. The van der Waals surface area contributed by atoms with Crippen LogP contribution in [0.15, 0.2) is 10.5 Å². The third-order valence-electron chi connectivity index (χ3n) is 3.42. The number of piperazine rings is 1. The van der Waals surface area contributed by atoms with Crippen molar-refractivity contribution in [1.29, 1.82) is 0 Å². The molecule has 0 aromatic carbocycles. The van der Waals surface area contributed by atoms with E-state index in [-0.39, 0.29) is 0 Å². The Labute approximate surface area is 112 Å². The van der Waals surface area contributed by atoms with Crippen molar-refractivity contribution < 1.29 is 4.42 Å². The molecule has 0 saturated carbocycles. The molecule has 0 bridgehead atoms. The number of nitrogens with zero attached hydrogens (tertiary/aromatic N) is 3. The Morgan fingerprint density at radius 2 is 2.26 bits per heavy atom. The van der Waals surface area contributed by atoms with Crippen LogP contribution in [0.5, 0.6) is 0 Å². The van der Waals surface area contributed by atoms with E-state index in [1.807, 2.05) is 19.9 Å². The smallest absolute Gasteiger partial charge is 0.245 e. The maximum atomic E-state index is 5.53. The van der Waals surface area contributed by atoms with Crippen molar-refractivity contribution in [2.45, 2.75) is 26.8 Å². The maximum absolute atomic E-state index is 5.53. The van der Waals surface area contributed by atoms with E-state index in [4.69, 9.17) is 4.42 Å². The molecule has 19 heavy (non-hydrogen) atoms. The highest BCUT2D eigenvalue weighted by Crippen LogP contribution is 2.24. The number of aromatic nitrogens is 3. The van der Waals surface area contributed by atoms with E-state index >= 15 is 0 Å². The van der Waals surface area contributed by atoms with Gasteiger partial charge in [-0.05, 0) is 26.8 Å². The number of anilines is 1. The van der Waals surface area contributed by atoms with E-state index in [1.54, 1.807) is 0 Å². The average molecular weight is 261 g/mol. The molecule has 1 atom stereocenters. The average Bonchev–Trinajstić information content (AvgIpc) is 2.96. The van der Waals surface area contributed by atoms with Crippen LogP contribution in [0.3, 0.4) is 0 Å². The van der Waals surface area contributed by atoms with Gasteiger partial charge in [0.1, 0.15) is 11.5 Å². The van der Waals surface area contributed by atoms with E-state index in [0.717, 1.165) is 48.5 Å². The second-order valence-electron chi connectivity index (χ2n) is 5.11. The van der Waals surface area contributed by atoms with Gasteiger partial charge in [-0.15, -0.1) is 5.10 Å². The fourth-order valence-electron chi connectivity index (χ4n) is 2.49. The lowest BCUT2D eigenvalue weighted by atomic mass is 10.2. The number of aryl methyl sites for hydroxylation is 2. The second-order valence-corrected chi connectivity index (χ2v) is 5.11. The van der Waals surface area contributed by atoms with Crippen LogP contribution < -0.4 is 10.2 Å². The van der Waals surface area contributed by atoms with Crippen molar-refractivity contribution >= 4 is 5.95 Å². The number of hydrogen-bond donors (Lipinski definition) is 2. The van der Waals surface area contributed by atoms with Crippen LogP contribution >= 0.6 is 0 Å². The SMILES string of the molecule is Cc1cc(-c2nc(N3CCN[C@@H](C)C3)n[nH]2)c(C)o1. The van der Waals surface area contributed by atoms with Gasteiger partial charge in [0, 0.05) is 25.7 Å². The Balaban J connectivity index is 1.85. The van der Waals surface area contributed by atoms with Gasteiger partial charge in [-0.3, -0.25) is 5.10 Å². The summed E-state index contributed by atoms with van der Waals surface area (Å²) < 4.78 is 5.53. The predicted octanol–water partition coefficient (Wildman–Crippen LogP) is 1.48. The van der Waals surface area contributed by atoms with E-state index in [0.29, 0.717) is 6.04 Å². The molecule has 2 aromatic rings. The normalized spacial score (nSPS) is 19.9. The molecule has 1 fully saturated rings. The van der Waals surface area contributed by atoms with Gasteiger partial charge in [0.25, 0.3) is 0 Å². The maximum Gasteiger partial charge on any atom is 0.245 e. The van der Waals surface area contributed by atoms with Crippen LogP contribution in [-0.4, -0.2) is 40.9 Å². The molecular formula is C13H19N5O. The highest BCUT2D eigenvalue weighted by molar-refractivity contribution is 5.59. The van der Waals surface area contributed by atoms with Gasteiger partial charge in [0.15, 0.2) is 5.82 Å². The second kappa shape index (κ2) is 4.70. The van der Waals surface area contributed by atoms with Crippen LogP contribution in [-0.2, 0) is 0 Å². The molecule has 0 amide bonds. The summed E-state index contributed by atoms with van der Waals surface area (Å²) in [6.07, 6.45) is 0. The molecule has 3 rings (SSSR count). The molecule has 6 heteroatoms. The minimum Gasteiger partial charge on any atom is -0.466 e. The first-order valence-electron chi connectivity index (χ1n) is 6.61. The zero-order valence-corrected chi connectivity index (χ0v) is 11.5. The number of furan rings is 1. The van der Waals surface area contributed by atoms with E-state index in [1.165, 1.54) is 0 Å². The summed E-state index contributed by atoms with van der Waals surface area (Å²) in [7, 11) is 0. The summed E-state index contributed by atoms with van der Waals surface area (Å²) in [6, 6.07) is 2.45. The van der Waals surface area contributed by atoms with Gasteiger partial charge in [-0.1, -0.05) is 0 Å². The zero-order valence-electron chi connectivity index (χ0n) is 11.5. The van der Waals surface area contributed by atoms with Gasteiger partial charge < -0.3 is 14.6 Å². The Hall–Kier alpha value is -1.82. The molecule has 102 valence electrons. The van der Waals surface area contributed by atoms with Crippen LogP contribution in [0.4, 0.5) is 5.95 Å². The number of H-pyrrole nitrogens is 1. The first kappa shape index (κ1) is 12.2. The van der Waals surface area contributed by atoms with E-state index in [2.05, 4.69) is 32.3 Å². The lowest BCUT2D eigenvalue weighted by Crippen LogP contribution is -2.49. The summed E-state index contributed by atoms with van der Waals surface area (Å²) in [5.74, 6) is 3.30. The molecule has 2 aromatic heterocycles. The van der Waals surface area contributed by atoms with Gasteiger partial charge in [-0.2, -0.15) is 4.98 Å². The highest BCUT2D eigenvalue weighted by Gasteiger charge is 2.20. The van der Waals surface area contributed by atoms with Crippen LogP contribution in [0, 0.1) is 13.8 Å². The first-order valence-corrected chi connectivity index (χ1v) is 6.61. The molecule has 2 N–H and O–H groups in total. The Morgan fingerprint density at radius 3 is 2.95 bits per heavy atom. The van der Waals surface area contributed by atoms with E-state index < -0.39 is 0 Å². The molecule has 0 aliphatic carbocycles. The zero-order chi connectivity index (χ0) is 13.4. The minimum absolute atomic E-state index is 0.466. The quantitative estimate of drug-likeness (QED) is 0.857. The Morgan fingerprint density at radius 1 is 1.42 bits per heavy atom. The third kappa shape index (κ3) is 2.35. The lowest BCUT2D eigenvalue weighted by Gasteiger charge is -2.30. The summed E-state index contributed by atoms with van der Waals surface area (Å²) in [4.78, 5) is 6.78. The number of hydrogen-bond acceptors (Lipinski definition) is 5. The molecule has 1 aliphatic heterocycles. The van der Waals surface area contributed by atoms with Crippen molar-refractivity contribution in [3.05, 3.63) is 17.6 Å². The number of aromatic amines is 1. The first-order chi connectivity index (χ1) is 9.13. The van der Waals surface area contributed by atoms with Crippen molar-refractivity contribution in [3.63, 3.8) is 0 Å². The molecule has 1 saturated heterocycles. The monoisotopic (exact) mass is 261 g/mol. The predicted molar refractivity (Wildman–Crippen MR) is 73.2 cm³/mol. The van der Waals surface area contributed by atoms with Crippen LogP contribution in [0.2, 0.25) is 0 Å². The van der Waals surface area contributed by atoms with Gasteiger partial charge in [0.05, 0.1) is 5.56 Å². The summed E-state index contributed by atoms with van der Waals surface area (Å²) in [5, 5.41) is 10.7. The Bertz CT molecular complexity index is 573. The Kier molecular flexibility index (Phi) is 3.02. The van der Waals surface area contributed by atoms with Gasteiger partial charge in [0.2, 0.25) is 5.95 Å². The largest absolute Gasteiger partial charge is 0.466 e. The molecule has 6 nitrogen and oxygen atoms in total. The van der Waals surface area contributed by atoms with Crippen LogP contribution in [0.1, 0.15) is 18.4 Å². The minimum atomic E-state index is 0.466. The van der Waals surface area contributed by atoms with Crippen molar-refractivity contribution in [3.8, 4) is 11.4 Å². The molecule has 0 unspecified atom stereocenters. The lowest BCUT2D eigenvalue weighted by molar-refractivity contribution is 0.480. The summed E-state index contributed by atoms with van der Waals surface area (Å²) in [6.45, 7) is 8.88. The van der Waals surface area contributed by atoms with Crippen LogP contribution in [0.25, 0.3) is 11.4 Å². The molecule has 3 heterocycles. The summed E-state index contributed by atoms with van der Waals surface area (Å²) >= 11 is 0. The van der Waals surface area contributed by atoms with Gasteiger partial charge >= 0.3 is 0 Å². The molecule has 1 aliphatic rings. The highest BCUT2D eigenvalue weighted by atomic mass is 16.3. The van der Waals surface area contributed by atoms with Crippen molar-refractivity contribution in [2.24, 2.45) is 0 Å². The topological polar surface area (TPSA) is 70.0 Å². The fraction of sp³-hybridized carbons (Fsp3) is 0.538. The standard InChI is InChI=1S/C13H19N5O/c1-8-7-18(5-4-14-8)13-15-12(16-17-13)11-6-9(2)19-10(11)3/h6,8,14H,4-5,7H2,1-3H3,(H,15,16,17)/t8-/m0/s1. The van der Waals surface area contributed by atoms with Crippen molar-refractivity contribution in [2.75, 3.05) is 24.5 Å². The van der Waals surface area contributed by atoms with Gasteiger partial charge in [-0.25, -0.2) is 0 Å². The fourth-order valence-corrected chi connectivity index (χ4v) is 2.49. The van der Waals surface area contributed by atoms with E-state index in [9.17, 15) is 0 Å².